The first kappa shape index (κ1) is 25.0. The van der Waals surface area contributed by atoms with E-state index in [-0.39, 0.29) is 28.5 Å². The summed E-state index contributed by atoms with van der Waals surface area (Å²) in [4.78, 5) is 40.3. The second-order valence-corrected chi connectivity index (χ2v) is 9.79. The highest BCUT2D eigenvalue weighted by atomic mass is 35.5. The molecule has 5 rings (SSSR count). The Balaban J connectivity index is 1.07. The first-order valence-corrected chi connectivity index (χ1v) is 12.7. The SMILES string of the molecule is O=C(Nc1ccc(O)c(Cl)c1)[C@@H]1CCN(CC(=O)N2CCN(c3ccc(-c4cnccn4)cc3)CC2)C1. The second-order valence-electron chi connectivity index (χ2n) is 9.38. The van der Waals surface area contributed by atoms with E-state index in [9.17, 15) is 14.7 Å². The molecular weight excluding hydrogens is 492 g/mol. The molecule has 9 nitrogen and oxygen atoms in total. The van der Waals surface area contributed by atoms with Crippen LogP contribution in [0, 0.1) is 5.92 Å². The van der Waals surface area contributed by atoms with E-state index in [1.807, 2.05) is 21.9 Å². The molecule has 1 aromatic heterocycles. The number of phenols is 1. The lowest BCUT2D eigenvalue weighted by molar-refractivity contribution is -0.132. The largest absolute Gasteiger partial charge is 0.506 e. The minimum Gasteiger partial charge on any atom is -0.506 e. The van der Waals surface area contributed by atoms with Crippen LogP contribution in [0.3, 0.4) is 0 Å². The Morgan fingerprint density at radius 1 is 1.03 bits per heavy atom. The molecule has 2 aromatic carbocycles. The van der Waals surface area contributed by atoms with E-state index in [4.69, 9.17) is 11.6 Å². The summed E-state index contributed by atoms with van der Waals surface area (Å²) in [7, 11) is 0. The van der Waals surface area contributed by atoms with Crippen molar-refractivity contribution >= 4 is 34.8 Å². The average molecular weight is 521 g/mol. The van der Waals surface area contributed by atoms with Gasteiger partial charge in [-0.3, -0.25) is 24.5 Å². The molecule has 2 aliphatic heterocycles. The number of halogens is 1. The minimum atomic E-state index is -0.193. The van der Waals surface area contributed by atoms with Gasteiger partial charge in [-0.25, -0.2) is 0 Å². The highest BCUT2D eigenvalue weighted by molar-refractivity contribution is 6.32. The first-order chi connectivity index (χ1) is 18.0. The molecule has 1 atom stereocenters. The summed E-state index contributed by atoms with van der Waals surface area (Å²) in [6, 6.07) is 12.9. The summed E-state index contributed by atoms with van der Waals surface area (Å²) in [5, 5.41) is 12.6. The fourth-order valence-electron chi connectivity index (χ4n) is 4.82. The molecular formula is C27H29ClN6O3. The van der Waals surface area contributed by atoms with E-state index in [1.165, 1.54) is 12.1 Å². The maximum atomic E-state index is 12.9. The van der Waals surface area contributed by atoms with Gasteiger partial charge in [-0.1, -0.05) is 23.7 Å². The zero-order valence-electron chi connectivity index (χ0n) is 20.4. The lowest BCUT2D eigenvalue weighted by Gasteiger charge is -2.36. The van der Waals surface area contributed by atoms with Crippen LogP contribution in [0.25, 0.3) is 11.3 Å². The number of hydrogen-bond acceptors (Lipinski definition) is 7. The maximum Gasteiger partial charge on any atom is 0.236 e. The van der Waals surface area contributed by atoms with Gasteiger partial charge in [0.25, 0.3) is 0 Å². The average Bonchev–Trinajstić information content (AvgIpc) is 3.40. The number of benzene rings is 2. The maximum absolute atomic E-state index is 12.9. The number of likely N-dealkylation sites (tertiary alicyclic amines) is 1. The van der Waals surface area contributed by atoms with Crippen LogP contribution in [0.1, 0.15) is 6.42 Å². The molecule has 0 spiro atoms. The molecule has 0 unspecified atom stereocenters. The summed E-state index contributed by atoms with van der Waals surface area (Å²) in [5.74, 6) is -0.218. The molecule has 2 aliphatic rings. The highest BCUT2D eigenvalue weighted by Gasteiger charge is 2.31. The van der Waals surface area contributed by atoms with Crippen molar-refractivity contribution in [2.24, 2.45) is 5.92 Å². The van der Waals surface area contributed by atoms with E-state index in [2.05, 4.69) is 32.3 Å². The molecule has 0 radical (unpaired) electrons. The summed E-state index contributed by atoms with van der Waals surface area (Å²) >= 11 is 5.93. The number of aromatic hydroxyl groups is 1. The van der Waals surface area contributed by atoms with Crippen molar-refractivity contribution in [3.63, 3.8) is 0 Å². The third-order valence-electron chi connectivity index (χ3n) is 6.94. The normalized spacial score (nSPS) is 18.1. The van der Waals surface area contributed by atoms with Crippen LogP contribution in [-0.4, -0.2) is 82.5 Å². The van der Waals surface area contributed by atoms with Gasteiger partial charge in [0.05, 0.1) is 29.4 Å². The van der Waals surface area contributed by atoms with Gasteiger partial charge in [-0.15, -0.1) is 0 Å². The molecule has 2 amide bonds. The number of piperazine rings is 1. The number of amides is 2. The summed E-state index contributed by atoms with van der Waals surface area (Å²) in [5.41, 5.74) is 3.54. The molecule has 0 saturated carbocycles. The van der Waals surface area contributed by atoms with Gasteiger partial charge in [-0.2, -0.15) is 0 Å². The van der Waals surface area contributed by atoms with Crippen LogP contribution in [0.4, 0.5) is 11.4 Å². The third kappa shape index (κ3) is 6.00. The fraction of sp³-hybridized carbons (Fsp3) is 0.333. The van der Waals surface area contributed by atoms with E-state index < -0.39 is 0 Å². The molecule has 37 heavy (non-hydrogen) atoms. The molecule has 2 N–H and O–H groups in total. The number of carbonyl (C=O) groups is 2. The molecule has 10 heteroatoms. The lowest BCUT2D eigenvalue weighted by atomic mass is 10.1. The number of nitrogens with zero attached hydrogens (tertiary/aromatic N) is 5. The summed E-state index contributed by atoms with van der Waals surface area (Å²) < 4.78 is 0. The van der Waals surface area contributed by atoms with Gasteiger partial charge in [0.15, 0.2) is 0 Å². The standard InChI is InChI=1S/C27H29ClN6O3/c28-23-15-21(3-6-25(23)35)31-27(37)20-7-10-32(17-20)18-26(36)34-13-11-33(12-14-34)22-4-1-19(2-5-22)24-16-29-8-9-30-24/h1-6,8-9,15-16,20,35H,7,10-14,17-18H2,(H,31,37)/t20-/m1/s1. The van der Waals surface area contributed by atoms with Gasteiger partial charge in [0, 0.05) is 62.1 Å². The zero-order valence-corrected chi connectivity index (χ0v) is 21.1. The number of carbonyl (C=O) groups excluding carboxylic acids is 2. The zero-order chi connectivity index (χ0) is 25.8. The third-order valence-corrected chi connectivity index (χ3v) is 7.24. The fourth-order valence-corrected chi connectivity index (χ4v) is 5.00. The van der Waals surface area contributed by atoms with E-state index in [0.29, 0.717) is 44.8 Å². The number of anilines is 2. The van der Waals surface area contributed by atoms with Crippen LogP contribution in [0.5, 0.6) is 5.75 Å². The number of nitrogens with one attached hydrogen (secondary N) is 1. The van der Waals surface area contributed by atoms with Gasteiger partial charge in [-0.05, 0) is 43.3 Å². The van der Waals surface area contributed by atoms with Crippen molar-refractivity contribution in [3.8, 4) is 17.0 Å². The Bertz CT molecular complexity index is 1250. The number of phenolic OH excluding ortho intramolecular Hbond substituents is 1. The summed E-state index contributed by atoms with van der Waals surface area (Å²) in [6.07, 6.45) is 5.79. The highest BCUT2D eigenvalue weighted by Crippen LogP contribution is 2.27. The van der Waals surface area contributed by atoms with Gasteiger partial charge >= 0.3 is 0 Å². The monoisotopic (exact) mass is 520 g/mol. The number of rotatable bonds is 6. The molecule has 3 heterocycles. The quantitative estimate of drug-likeness (QED) is 0.481. The Morgan fingerprint density at radius 3 is 2.51 bits per heavy atom. The second kappa shape index (κ2) is 11.1. The Hall–Kier alpha value is -3.69. The summed E-state index contributed by atoms with van der Waals surface area (Å²) in [6.45, 7) is 4.46. The smallest absolute Gasteiger partial charge is 0.236 e. The van der Waals surface area contributed by atoms with Crippen molar-refractivity contribution in [1.82, 2.24) is 19.8 Å². The van der Waals surface area contributed by atoms with E-state index in [0.717, 1.165) is 30.0 Å². The minimum absolute atomic E-state index is 0.0256. The first-order valence-electron chi connectivity index (χ1n) is 12.4. The molecule has 192 valence electrons. The van der Waals surface area contributed by atoms with Gasteiger partial charge < -0.3 is 20.2 Å². The van der Waals surface area contributed by atoms with Crippen LogP contribution < -0.4 is 10.2 Å². The lowest BCUT2D eigenvalue weighted by Crippen LogP contribution is -2.51. The topological polar surface area (TPSA) is 102 Å². The van der Waals surface area contributed by atoms with Gasteiger partial charge in [0.1, 0.15) is 5.75 Å². The van der Waals surface area contributed by atoms with Crippen molar-refractivity contribution < 1.29 is 14.7 Å². The van der Waals surface area contributed by atoms with Crippen LogP contribution in [-0.2, 0) is 9.59 Å². The molecule has 2 saturated heterocycles. The molecule has 3 aromatic rings. The van der Waals surface area contributed by atoms with Crippen molar-refractivity contribution in [3.05, 3.63) is 66.1 Å². The van der Waals surface area contributed by atoms with Crippen LogP contribution >= 0.6 is 11.6 Å². The van der Waals surface area contributed by atoms with Crippen LogP contribution in [0.2, 0.25) is 5.02 Å². The predicted molar refractivity (Wildman–Crippen MR) is 143 cm³/mol. The number of aromatic nitrogens is 2. The van der Waals surface area contributed by atoms with Crippen molar-refractivity contribution in [1.29, 1.82) is 0 Å². The Labute approximate surface area is 220 Å². The Kier molecular flexibility index (Phi) is 7.52. The van der Waals surface area contributed by atoms with Gasteiger partial charge in [0.2, 0.25) is 11.8 Å². The van der Waals surface area contributed by atoms with Crippen molar-refractivity contribution in [2.45, 2.75) is 6.42 Å². The molecule has 2 fully saturated rings. The molecule has 0 aliphatic carbocycles. The predicted octanol–water partition coefficient (Wildman–Crippen LogP) is 3.11. The number of hydrogen-bond donors (Lipinski definition) is 2. The Morgan fingerprint density at radius 2 is 1.81 bits per heavy atom. The van der Waals surface area contributed by atoms with E-state index >= 15 is 0 Å². The van der Waals surface area contributed by atoms with E-state index in [1.54, 1.807) is 24.7 Å². The van der Waals surface area contributed by atoms with Crippen molar-refractivity contribution in [2.75, 3.05) is 56.0 Å². The van der Waals surface area contributed by atoms with Crippen LogP contribution in [0.15, 0.2) is 61.1 Å². The molecule has 0 bridgehead atoms.